The SMILES string of the molecule is CCC(NC(C)c1cnccn1)c1ccccc1OC. The van der Waals surface area contributed by atoms with Crippen molar-refractivity contribution in [1.29, 1.82) is 0 Å². The summed E-state index contributed by atoms with van der Waals surface area (Å²) < 4.78 is 5.45. The highest BCUT2D eigenvalue weighted by molar-refractivity contribution is 5.36. The van der Waals surface area contributed by atoms with Gasteiger partial charge in [-0.3, -0.25) is 9.97 Å². The van der Waals surface area contributed by atoms with E-state index in [1.165, 1.54) is 5.56 Å². The molecule has 1 heterocycles. The summed E-state index contributed by atoms with van der Waals surface area (Å²) in [6, 6.07) is 8.48. The van der Waals surface area contributed by atoms with Crippen molar-refractivity contribution in [3.05, 3.63) is 54.1 Å². The van der Waals surface area contributed by atoms with Gasteiger partial charge in [-0.05, 0) is 19.4 Å². The van der Waals surface area contributed by atoms with E-state index in [1.807, 2.05) is 18.2 Å². The van der Waals surface area contributed by atoms with Crippen LogP contribution in [0.2, 0.25) is 0 Å². The number of ether oxygens (including phenoxy) is 1. The molecule has 106 valence electrons. The lowest BCUT2D eigenvalue weighted by molar-refractivity contribution is 0.387. The van der Waals surface area contributed by atoms with E-state index in [2.05, 4.69) is 35.2 Å². The first-order valence-electron chi connectivity index (χ1n) is 6.91. The second-order valence-corrected chi connectivity index (χ2v) is 4.72. The van der Waals surface area contributed by atoms with Gasteiger partial charge in [-0.2, -0.15) is 0 Å². The number of hydrogen-bond acceptors (Lipinski definition) is 4. The maximum atomic E-state index is 5.45. The zero-order valence-electron chi connectivity index (χ0n) is 12.2. The van der Waals surface area contributed by atoms with Crippen molar-refractivity contribution in [3.8, 4) is 5.75 Å². The standard InChI is InChI=1S/C16H21N3O/c1-4-14(13-7-5-6-8-16(13)20-3)19-12(2)15-11-17-9-10-18-15/h5-12,14,19H,4H2,1-3H3. The molecule has 0 fully saturated rings. The Hall–Kier alpha value is -1.94. The number of para-hydroxylation sites is 1. The fourth-order valence-electron chi connectivity index (χ4n) is 2.30. The van der Waals surface area contributed by atoms with Gasteiger partial charge in [-0.15, -0.1) is 0 Å². The van der Waals surface area contributed by atoms with Crippen LogP contribution in [0.5, 0.6) is 5.75 Å². The van der Waals surface area contributed by atoms with Crippen molar-refractivity contribution < 1.29 is 4.74 Å². The molecule has 20 heavy (non-hydrogen) atoms. The molecule has 0 aliphatic heterocycles. The number of rotatable bonds is 6. The van der Waals surface area contributed by atoms with E-state index < -0.39 is 0 Å². The van der Waals surface area contributed by atoms with Gasteiger partial charge in [0.2, 0.25) is 0 Å². The molecule has 2 rings (SSSR count). The average molecular weight is 271 g/mol. The van der Waals surface area contributed by atoms with Crippen LogP contribution in [0.25, 0.3) is 0 Å². The number of benzene rings is 1. The Morgan fingerprint density at radius 3 is 2.70 bits per heavy atom. The minimum absolute atomic E-state index is 0.138. The molecule has 2 unspecified atom stereocenters. The summed E-state index contributed by atoms with van der Waals surface area (Å²) in [5.41, 5.74) is 2.12. The molecule has 1 aromatic carbocycles. The lowest BCUT2D eigenvalue weighted by Crippen LogP contribution is -2.25. The summed E-state index contributed by atoms with van der Waals surface area (Å²) in [4.78, 5) is 8.46. The summed E-state index contributed by atoms with van der Waals surface area (Å²) in [6.07, 6.45) is 6.18. The second-order valence-electron chi connectivity index (χ2n) is 4.72. The normalized spacial score (nSPS) is 13.8. The Balaban J connectivity index is 2.17. The Kier molecular flexibility index (Phi) is 5.07. The van der Waals surface area contributed by atoms with Crippen molar-refractivity contribution in [1.82, 2.24) is 15.3 Å². The van der Waals surface area contributed by atoms with Crippen molar-refractivity contribution >= 4 is 0 Å². The minimum atomic E-state index is 0.138. The molecular weight excluding hydrogens is 250 g/mol. The van der Waals surface area contributed by atoms with E-state index in [1.54, 1.807) is 25.7 Å². The molecule has 0 spiro atoms. The van der Waals surface area contributed by atoms with E-state index in [4.69, 9.17) is 4.74 Å². The molecule has 0 bridgehead atoms. The van der Waals surface area contributed by atoms with Crippen LogP contribution in [0.1, 0.15) is 43.6 Å². The highest BCUT2D eigenvalue weighted by Crippen LogP contribution is 2.28. The fourth-order valence-corrected chi connectivity index (χ4v) is 2.30. The average Bonchev–Trinajstić information content (AvgIpc) is 2.53. The van der Waals surface area contributed by atoms with Crippen LogP contribution in [-0.4, -0.2) is 17.1 Å². The summed E-state index contributed by atoms with van der Waals surface area (Å²) in [7, 11) is 1.71. The fraction of sp³-hybridized carbons (Fsp3) is 0.375. The Morgan fingerprint density at radius 1 is 1.25 bits per heavy atom. The molecule has 0 saturated carbocycles. The van der Waals surface area contributed by atoms with Crippen LogP contribution < -0.4 is 10.1 Å². The van der Waals surface area contributed by atoms with Gasteiger partial charge in [0.15, 0.2) is 0 Å². The molecule has 0 saturated heterocycles. The quantitative estimate of drug-likeness (QED) is 0.875. The zero-order valence-corrected chi connectivity index (χ0v) is 12.2. The third kappa shape index (κ3) is 3.33. The number of methoxy groups -OCH3 is 1. The first-order valence-corrected chi connectivity index (χ1v) is 6.91. The zero-order chi connectivity index (χ0) is 14.4. The topological polar surface area (TPSA) is 47.0 Å². The van der Waals surface area contributed by atoms with Crippen LogP contribution in [0.3, 0.4) is 0 Å². The van der Waals surface area contributed by atoms with Crippen molar-refractivity contribution in [2.24, 2.45) is 0 Å². The molecule has 4 heteroatoms. The lowest BCUT2D eigenvalue weighted by atomic mass is 10.0. The first-order chi connectivity index (χ1) is 9.76. The summed E-state index contributed by atoms with van der Waals surface area (Å²) in [6.45, 7) is 4.26. The maximum Gasteiger partial charge on any atom is 0.123 e. The maximum absolute atomic E-state index is 5.45. The van der Waals surface area contributed by atoms with E-state index >= 15 is 0 Å². The molecule has 1 aromatic heterocycles. The third-order valence-corrected chi connectivity index (χ3v) is 3.40. The Labute approximate surface area is 120 Å². The van der Waals surface area contributed by atoms with Gasteiger partial charge in [0, 0.05) is 36.2 Å². The minimum Gasteiger partial charge on any atom is -0.496 e. The smallest absolute Gasteiger partial charge is 0.123 e. The van der Waals surface area contributed by atoms with Gasteiger partial charge >= 0.3 is 0 Å². The monoisotopic (exact) mass is 271 g/mol. The van der Waals surface area contributed by atoms with Gasteiger partial charge < -0.3 is 10.1 Å². The third-order valence-electron chi connectivity index (χ3n) is 3.40. The molecule has 4 nitrogen and oxygen atoms in total. The van der Waals surface area contributed by atoms with Crippen molar-refractivity contribution in [3.63, 3.8) is 0 Å². The van der Waals surface area contributed by atoms with Gasteiger partial charge in [0.25, 0.3) is 0 Å². The largest absolute Gasteiger partial charge is 0.496 e. The molecule has 2 atom stereocenters. The molecule has 1 N–H and O–H groups in total. The molecule has 2 aromatic rings. The first kappa shape index (κ1) is 14.5. The highest BCUT2D eigenvalue weighted by atomic mass is 16.5. The molecule has 0 radical (unpaired) electrons. The summed E-state index contributed by atoms with van der Waals surface area (Å²) >= 11 is 0. The predicted octanol–water partition coefficient (Wildman–Crippen LogP) is 3.29. The van der Waals surface area contributed by atoms with Gasteiger partial charge in [-0.1, -0.05) is 25.1 Å². The Morgan fingerprint density at radius 2 is 2.05 bits per heavy atom. The number of aromatic nitrogens is 2. The van der Waals surface area contributed by atoms with Crippen LogP contribution >= 0.6 is 0 Å². The van der Waals surface area contributed by atoms with Crippen molar-refractivity contribution in [2.75, 3.05) is 7.11 Å². The van der Waals surface area contributed by atoms with E-state index in [-0.39, 0.29) is 12.1 Å². The van der Waals surface area contributed by atoms with Crippen LogP contribution in [0.15, 0.2) is 42.9 Å². The summed E-state index contributed by atoms with van der Waals surface area (Å²) in [5, 5.41) is 3.59. The molecule has 0 aliphatic carbocycles. The van der Waals surface area contributed by atoms with Gasteiger partial charge in [0.05, 0.1) is 12.8 Å². The van der Waals surface area contributed by atoms with Crippen LogP contribution in [0.4, 0.5) is 0 Å². The molecular formula is C16H21N3O. The van der Waals surface area contributed by atoms with E-state index in [9.17, 15) is 0 Å². The predicted molar refractivity (Wildman–Crippen MR) is 79.6 cm³/mol. The number of nitrogens with zero attached hydrogens (tertiary/aromatic N) is 2. The van der Waals surface area contributed by atoms with Gasteiger partial charge in [-0.25, -0.2) is 0 Å². The van der Waals surface area contributed by atoms with E-state index in [0.29, 0.717) is 0 Å². The summed E-state index contributed by atoms with van der Waals surface area (Å²) in [5.74, 6) is 0.915. The molecule has 0 aliphatic rings. The van der Waals surface area contributed by atoms with Crippen LogP contribution in [0, 0.1) is 0 Å². The molecule has 0 amide bonds. The highest BCUT2D eigenvalue weighted by Gasteiger charge is 2.17. The van der Waals surface area contributed by atoms with Crippen LogP contribution in [-0.2, 0) is 0 Å². The number of hydrogen-bond donors (Lipinski definition) is 1. The van der Waals surface area contributed by atoms with Gasteiger partial charge in [0.1, 0.15) is 5.75 Å². The second kappa shape index (κ2) is 7.01. The number of nitrogens with one attached hydrogen (secondary N) is 1. The van der Waals surface area contributed by atoms with E-state index in [0.717, 1.165) is 17.9 Å². The Bertz CT molecular complexity index is 530. The van der Waals surface area contributed by atoms with Crippen molar-refractivity contribution in [2.45, 2.75) is 32.4 Å². The lowest BCUT2D eigenvalue weighted by Gasteiger charge is -2.23.